The first-order valence-electron chi connectivity index (χ1n) is 3.04. The maximum Gasteiger partial charge on any atom is 0.0544 e. The Morgan fingerprint density at radius 3 is 3.33 bits per heavy atom. The lowest BCUT2D eigenvalue weighted by molar-refractivity contribution is 0.395. The van der Waals surface area contributed by atoms with Crippen molar-refractivity contribution < 1.29 is 0 Å². The molecule has 0 unspecified atom stereocenters. The van der Waals surface area contributed by atoms with Crippen LogP contribution in [-0.2, 0) is 0 Å². The van der Waals surface area contributed by atoms with Gasteiger partial charge in [0.05, 0.1) is 5.70 Å². The van der Waals surface area contributed by atoms with Gasteiger partial charge in [-0.3, -0.25) is 5.01 Å². The first-order chi connectivity index (χ1) is 4.47. The van der Waals surface area contributed by atoms with E-state index in [4.69, 9.17) is 0 Å². The quantitative estimate of drug-likeness (QED) is 0.508. The highest BCUT2D eigenvalue weighted by atomic mass is 15.5. The Kier molecular flexibility index (Phi) is 0.932. The summed E-state index contributed by atoms with van der Waals surface area (Å²) in [6, 6.07) is 0. The molecule has 0 aliphatic carbocycles. The van der Waals surface area contributed by atoms with Crippen LogP contribution in [0, 0.1) is 0 Å². The lowest BCUT2D eigenvalue weighted by Crippen LogP contribution is -2.26. The molecule has 0 fully saturated rings. The minimum Gasteiger partial charge on any atom is -0.284 e. The Hall–Kier alpha value is -1.02. The number of nitrogens with one attached hydrogen (secondary N) is 1. The monoisotopic (exact) mass is 120 g/mol. The van der Waals surface area contributed by atoms with Crippen LogP contribution in [0.5, 0.6) is 0 Å². The number of allylic oxidation sites excluding steroid dienone is 3. The van der Waals surface area contributed by atoms with Crippen LogP contribution in [0.15, 0.2) is 36.2 Å². The third-order valence-corrected chi connectivity index (χ3v) is 1.46. The van der Waals surface area contributed by atoms with Gasteiger partial charge in [-0.1, -0.05) is 6.08 Å². The van der Waals surface area contributed by atoms with E-state index in [0.29, 0.717) is 0 Å². The first-order valence-corrected chi connectivity index (χ1v) is 3.04. The molecule has 0 atom stereocenters. The third-order valence-electron chi connectivity index (χ3n) is 1.46. The fourth-order valence-corrected chi connectivity index (χ4v) is 1.02. The van der Waals surface area contributed by atoms with E-state index in [1.807, 2.05) is 23.4 Å². The van der Waals surface area contributed by atoms with Crippen molar-refractivity contribution in [3.05, 3.63) is 36.2 Å². The minimum absolute atomic E-state index is 0.948. The first kappa shape index (κ1) is 4.82. The van der Waals surface area contributed by atoms with Crippen LogP contribution in [0.25, 0.3) is 0 Å². The molecule has 2 heterocycles. The molecule has 0 amide bonds. The van der Waals surface area contributed by atoms with E-state index in [2.05, 4.69) is 17.6 Å². The number of nitrogens with zero attached hydrogens (tertiary/aromatic N) is 1. The predicted molar refractivity (Wildman–Crippen MR) is 36.2 cm³/mol. The van der Waals surface area contributed by atoms with Gasteiger partial charge in [-0.05, 0) is 18.2 Å². The average Bonchev–Trinajstić information content (AvgIpc) is 2.33. The number of fused-ring (bicyclic) bond motifs is 1. The number of hydrogen-bond donors (Lipinski definition) is 1. The summed E-state index contributed by atoms with van der Waals surface area (Å²) in [5, 5.41) is 2.01. The van der Waals surface area contributed by atoms with Gasteiger partial charge in [0.25, 0.3) is 0 Å². The second-order valence-corrected chi connectivity index (χ2v) is 2.06. The van der Waals surface area contributed by atoms with E-state index in [0.717, 1.165) is 6.54 Å². The number of hydrogen-bond acceptors (Lipinski definition) is 2. The van der Waals surface area contributed by atoms with Crippen molar-refractivity contribution in [2.45, 2.75) is 0 Å². The van der Waals surface area contributed by atoms with E-state index in [1.54, 1.807) is 0 Å². The Balaban J connectivity index is 2.33. The molecule has 9 heavy (non-hydrogen) atoms. The summed E-state index contributed by atoms with van der Waals surface area (Å²) in [5.41, 5.74) is 4.41. The third kappa shape index (κ3) is 0.678. The molecule has 0 spiro atoms. The van der Waals surface area contributed by atoms with Crippen LogP contribution >= 0.6 is 0 Å². The van der Waals surface area contributed by atoms with Crippen LogP contribution in [0.2, 0.25) is 0 Å². The van der Waals surface area contributed by atoms with Gasteiger partial charge in [0.2, 0.25) is 0 Å². The molecule has 0 radical (unpaired) electrons. The van der Waals surface area contributed by atoms with E-state index < -0.39 is 0 Å². The fourth-order valence-electron chi connectivity index (χ4n) is 1.02. The van der Waals surface area contributed by atoms with Crippen LogP contribution in [0.4, 0.5) is 0 Å². The summed E-state index contributed by atoms with van der Waals surface area (Å²) in [5.74, 6) is 0. The normalized spacial score (nSPS) is 22.2. The Morgan fingerprint density at radius 1 is 1.44 bits per heavy atom. The molecule has 2 aliphatic rings. The highest BCUT2D eigenvalue weighted by Crippen LogP contribution is 2.12. The fraction of sp³-hybridized carbons (Fsp3) is 0.143. The largest absolute Gasteiger partial charge is 0.284 e. The molecule has 2 aliphatic heterocycles. The molecular weight excluding hydrogens is 112 g/mol. The number of rotatable bonds is 0. The predicted octanol–water partition coefficient (Wildman–Crippen LogP) is 0.774. The van der Waals surface area contributed by atoms with Crippen molar-refractivity contribution in [1.82, 2.24) is 10.4 Å². The summed E-state index contributed by atoms with van der Waals surface area (Å²) >= 11 is 0. The Labute approximate surface area is 54.1 Å². The number of hydrazine groups is 1. The molecule has 0 aromatic rings. The van der Waals surface area contributed by atoms with Gasteiger partial charge in [-0.2, -0.15) is 0 Å². The second-order valence-electron chi connectivity index (χ2n) is 2.06. The van der Waals surface area contributed by atoms with Gasteiger partial charge in [0.15, 0.2) is 0 Å². The molecule has 0 saturated heterocycles. The summed E-state index contributed by atoms with van der Waals surface area (Å²) in [6.45, 7) is 0.948. The molecule has 0 saturated carbocycles. The van der Waals surface area contributed by atoms with Gasteiger partial charge in [0.1, 0.15) is 0 Å². The van der Waals surface area contributed by atoms with Gasteiger partial charge in [0, 0.05) is 12.7 Å². The zero-order valence-corrected chi connectivity index (χ0v) is 5.04. The molecule has 0 bridgehead atoms. The van der Waals surface area contributed by atoms with E-state index in [9.17, 15) is 0 Å². The van der Waals surface area contributed by atoms with Crippen molar-refractivity contribution in [3.8, 4) is 0 Å². The summed E-state index contributed by atoms with van der Waals surface area (Å²) in [4.78, 5) is 0. The highest BCUT2D eigenvalue weighted by molar-refractivity contribution is 5.29. The molecule has 2 rings (SSSR count). The Morgan fingerprint density at radius 2 is 2.44 bits per heavy atom. The van der Waals surface area contributed by atoms with Gasteiger partial charge >= 0.3 is 0 Å². The van der Waals surface area contributed by atoms with Crippen LogP contribution in [0.3, 0.4) is 0 Å². The van der Waals surface area contributed by atoms with Gasteiger partial charge in [-0.25, -0.2) is 5.43 Å². The smallest absolute Gasteiger partial charge is 0.0544 e. The Bertz CT molecular complexity index is 198. The maximum atomic E-state index is 3.16. The zero-order chi connectivity index (χ0) is 6.10. The molecule has 46 valence electrons. The standard InChI is InChI=1S/C7H8N2/c1-2-6-9-7(3-1)4-5-8-9/h1-4,6,8H,5H2. The van der Waals surface area contributed by atoms with E-state index >= 15 is 0 Å². The molecule has 2 nitrogen and oxygen atoms in total. The van der Waals surface area contributed by atoms with E-state index in [1.165, 1.54) is 5.70 Å². The van der Waals surface area contributed by atoms with Crippen LogP contribution in [-0.4, -0.2) is 11.6 Å². The van der Waals surface area contributed by atoms with Gasteiger partial charge < -0.3 is 0 Å². The van der Waals surface area contributed by atoms with Crippen molar-refractivity contribution in [2.75, 3.05) is 6.54 Å². The molecular formula is C7H8N2. The van der Waals surface area contributed by atoms with Crippen LogP contribution in [0.1, 0.15) is 0 Å². The molecule has 2 heteroatoms. The second kappa shape index (κ2) is 1.74. The zero-order valence-electron chi connectivity index (χ0n) is 5.04. The minimum atomic E-state index is 0.948. The maximum absolute atomic E-state index is 3.16. The molecule has 0 aromatic carbocycles. The van der Waals surface area contributed by atoms with Gasteiger partial charge in [-0.15, -0.1) is 0 Å². The van der Waals surface area contributed by atoms with Crippen LogP contribution < -0.4 is 5.43 Å². The van der Waals surface area contributed by atoms with Crippen molar-refractivity contribution >= 4 is 0 Å². The summed E-state index contributed by atoms with van der Waals surface area (Å²) in [7, 11) is 0. The lowest BCUT2D eigenvalue weighted by Gasteiger charge is -2.16. The van der Waals surface area contributed by atoms with E-state index in [-0.39, 0.29) is 0 Å². The highest BCUT2D eigenvalue weighted by Gasteiger charge is 2.09. The lowest BCUT2D eigenvalue weighted by atomic mass is 10.3. The molecule has 0 aromatic heterocycles. The summed E-state index contributed by atoms with van der Waals surface area (Å²) < 4.78 is 0. The molecule has 1 N–H and O–H groups in total. The summed E-state index contributed by atoms with van der Waals surface area (Å²) in [6.07, 6.45) is 10.3. The van der Waals surface area contributed by atoms with Crippen molar-refractivity contribution in [1.29, 1.82) is 0 Å². The topological polar surface area (TPSA) is 15.3 Å². The SMILES string of the molecule is C1=CC2=CCNN2C=C1. The average molecular weight is 120 g/mol. The van der Waals surface area contributed by atoms with Crippen molar-refractivity contribution in [2.24, 2.45) is 0 Å². The van der Waals surface area contributed by atoms with Crippen molar-refractivity contribution in [3.63, 3.8) is 0 Å².